The quantitative estimate of drug-likeness (QED) is 0.454. The van der Waals surface area contributed by atoms with Gasteiger partial charge in [0.05, 0.1) is 6.61 Å². The summed E-state index contributed by atoms with van der Waals surface area (Å²) in [5.41, 5.74) is 4.04. The Kier molecular flexibility index (Phi) is 5.99. The number of benzene rings is 1. The smallest absolute Gasteiger partial charge is 0.353 e. The molecule has 9 heteroatoms. The molecule has 1 aliphatic rings. The number of ether oxygens (including phenoxy) is 1. The minimum Gasteiger partial charge on any atom is -0.458 e. The standard InChI is InChI=1S/C16H23N2O5PS/c1-15(2,3)23-14(20)16(17,11-12-7-5-4-6-8-12)13(19)18-24(21)22-9-10-25-24/h4-8H,9-11,17H2,1-3H3,(H,18,19,21)/t16-,24?/m0/s1. The van der Waals surface area contributed by atoms with Gasteiger partial charge < -0.3 is 15.0 Å². The van der Waals surface area contributed by atoms with Gasteiger partial charge in [0.2, 0.25) is 0 Å². The first kappa shape index (κ1) is 20.0. The van der Waals surface area contributed by atoms with Gasteiger partial charge >= 0.3 is 12.7 Å². The van der Waals surface area contributed by atoms with E-state index in [4.69, 9.17) is 15.0 Å². The molecule has 0 saturated carbocycles. The molecule has 1 unspecified atom stereocenters. The summed E-state index contributed by atoms with van der Waals surface area (Å²) in [5, 5.41) is 2.31. The average Bonchev–Trinajstić information content (AvgIpc) is 2.92. The number of rotatable bonds is 5. The van der Waals surface area contributed by atoms with Gasteiger partial charge in [-0.1, -0.05) is 30.3 Å². The Hall–Kier alpha value is -1.34. The lowest BCUT2D eigenvalue weighted by Gasteiger charge is -2.30. The highest BCUT2D eigenvalue weighted by Crippen LogP contribution is 2.60. The summed E-state index contributed by atoms with van der Waals surface area (Å²) >= 11 is 1.01. The van der Waals surface area contributed by atoms with Crippen molar-refractivity contribution in [1.29, 1.82) is 0 Å². The van der Waals surface area contributed by atoms with E-state index in [1.807, 2.05) is 6.07 Å². The first-order valence-corrected chi connectivity index (χ1v) is 11.0. The molecule has 1 heterocycles. The maximum Gasteiger partial charge on any atom is 0.353 e. The largest absolute Gasteiger partial charge is 0.458 e. The molecule has 2 rings (SSSR count). The van der Waals surface area contributed by atoms with Gasteiger partial charge in [-0.25, -0.2) is 4.79 Å². The number of hydrogen-bond acceptors (Lipinski definition) is 7. The highest BCUT2D eigenvalue weighted by Gasteiger charge is 2.48. The molecule has 0 spiro atoms. The third kappa shape index (κ3) is 5.31. The molecule has 0 aliphatic carbocycles. The van der Waals surface area contributed by atoms with Crippen LogP contribution in [0.3, 0.4) is 0 Å². The van der Waals surface area contributed by atoms with E-state index in [1.165, 1.54) is 0 Å². The Morgan fingerprint density at radius 3 is 2.48 bits per heavy atom. The van der Waals surface area contributed by atoms with E-state index >= 15 is 0 Å². The van der Waals surface area contributed by atoms with Crippen LogP contribution in [-0.4, -0.2) is 35.4 Å². The summed E-state index contributed by atoms with van der Waals surface area (Å²) in [6.45, 7) is 1.93. The van der Waals surface area contributed by atoms with Crippen LogP contribution in [0.5, 0.6) is 0 Å². The third-order valence-electron chi connectivity index (χ3n) is 3.34. The first-order chi connectivity index (χ1) is 11.5. The summed E-state index contributed by atoms with van der Waals surface area (Å²) in [5.74, 6) is -1.25. The second-order valence-electron chi connectivity index (χ2n) is 6.74. The third-order valence-corrected chi connectivity index (χ3v) is 7.18. The number of hydrogen-bond donors (Lipinski definition) is 2. The molecule has 0 radical (unpaired) electrons. The number of esters is 1. The Bertz CT molecular complexity index is 682. The zero-order valence-corrected chi connectivity index (χ0v) is 16.2. The molecule has 1 aromatic rings. The molecule has 0 bridgehead atoms. The van der Waals surface area contributed by atoms with Gasteiger partial charge in [0.15, 0.2) is 5.54 Å². The van der Waals surface area contributed by atoms with Crippen LogP contribution in [0.25, 0.3) is 0 Å². The zero-order valence-electron chi connectivity index (χ0n) is 14.5. The van der Waals surface area contributed by atoms with Crippen molar-refractivity contribution in [2.45, 2.75) is 38.3 Å². The van der Waals surface area contributed by atoms with Crippen LogP contribution in [0.2, 0.25) is 0 Å². The highest BCUT2D eigenvalue weighted by atomic mass is 32.7. The van der Waals surface area contributed by atoms with Crippen molar-refractivity contribution in [1.82, 2.24) is 5.09 Å². The maximum atomic E-state index is 12.8. The van der Waals surface area contributed by atoms with Gasteiger partial charge in [0, 0.05) is 12.2 Å². The maximum absolute atomic E-state index is 12.8. The van der Waals surface area contributed by atoms with E-state index in [2.05, 4.69) is 5.09 Å². The van der Waals surface area contributed by atoms with Crippen LogP contribution in [0.15, 0.2) is 30.3 Å². The van der Waals surface area contributed by atoms with Crippen LogP contribution >= 0.6 is 18.1 Å². The Morgan fingerprint density at radius 1 is 1.32 bits per heavy atom. The molecular formula is C16H23N2O5PS. The Labute approximate surface area is 151 Å². The molecule has 25 heavy (non-hydrogen) atoms. The normalized spacial score (nSPS) is 22.9. The highest BCUT2D eigenvalue weighted by molar-refractivity contribution is 8.56. The molecule has 1 saturated heterocycles. The van der Waals surface area contributed by atoms with Gasteiger partial charge in [0.25, 0.3) is 5.91 Å². The fourth-order valence-corrected chi connectivity index (χ4v) is 5.51. The summed E-state index contributed by atoms with van der Waals surface area (Å²) in [4.78, 5) is 25.4. The molecule has 3 N–H and O–H groups in total. The summed E-state index contributed by atoms with van der Waals surface area (Å²) in [6.07, 6.45) is -0.0841. The fourth-order valence-electron chi connectivity index (χ4n) is 2.17. The van der Waals surface area contributed by atoms with Gasteiger partial charge in [-0.3, -0.25) is 14.4 Å². The number of nitrogens with two attached hydrogens (primary N) is 1. The van der Waals surface area contributed by atoms with E-state index in [0.29, 0.717) is 11.3 Å². The van der Waals surface area contributed by atoms with Gasteiger partial charge in [-0.2, -0.15) is 0 Å². The van der Waals surface area contributed by atoms with Crippen molar-refractivity contribution in [2.75, 3.05) is 12.4 Å². The minimum atomic E-state index is -3.39. The average molecular weight is 386 g/mol. The molecular weight excluding hydrogens is 363 g/mol. The van der Waals surface area contributed by atoms with Gasteiger partial charge in [0.1, 0.15) is 5.60 Å². The molecule has 1 fully saturated rings. The summed E-state index contributed by atoms with van der Waals surface area (Å²) in [7, 11) is 0. The zero-order chi connectivity index (χ0) is 18.7. The minimum absolute atomic E-state index is 0.0841. The van der Waals surface area contributed by atoms with Crippen molar-refractivity contribution >= 4 is 30.0 Å². The van der Waals surface area contributed by atoms with Crippen molar-refractivity contribution in [3.05, 3.63) is 35.9 Å². The molecule has 1 amide bonds. The summed E-state index contributed by atoms with van der Waals surface area (Å²) < 4.78 is 22.9. The molecule has 0 aromatic heterocycles. The van der Waals surface area contributed by atoms with Crippen molar-refractivity contribution in [3.8, 4) is 0 Å². The van der Waals surface area contributed by atoms with Crippen molar-refractivity contribution < 1.29 is 23.4 Å². The molecule has 1 aliphatic heterocycles. The first-order valence-electron chi connectivity index (χ1n) is 7.82. The second kappa shape index (κ2) is 7.50. The molecule has 138 valence electrons. The van der Waals surface area contributed by atoms with Crippen LogP contribution in [0.1, 0.15) is 26.3 Å². The van der Waals surface area contributed by atoms with E-state index in [0.717, 1.165) is 11.4 Å². The van der Waals surface area contributed by atoms with Crippen molar-refractivity contribution in [3.63, 3.8) is 0 Å². The topological polar surface area (TPSA) is 108 Å². The predicted octanol–water partition coefficient (Wildman–Crippen LogP) is 2.26. The van der Waals surface area contributed by atoms with Gasteiger partial charge in [-0.05, 0) is 37.7 Å². The van der Waals surface area contributed by atoms with E-state index in [9.17, 15) is 14.2 Å². The predicted molar refractivity (Wildman–Crippen MR) is 97.1 cm³/mol. The number of amides is 1. The van der Waals surface area contributed by atoms with E-state index in [-0.39, 0.29) is 13.0 Å². The molecule has 7 nitrogen and oxygen atoms in total. The van der Waals surface area contributed by atoms with Crippen LogP contribution < -0.4 is 10.8 Å². The van der Waals surface area contributed by atoms with Crippen LogP contribution in [0, 0.1) is 0 Å². The van der Waals surface area contributed by atoms with Crippen LogP contribution in [-0.2, 0) is 29.8 Å². The Morgan fingerprint density at radius 2 is 1.96 bits per heavy atom. The fraction of sp³-hybridized carbons (Fsp3) is 0.500. The van der Waals surface area contributed by atoms with E-state index < -0.39 is 29.7 Å². The monoisotopic (exact) mass is 386 g/mol. The lowest BCUT2D eigenvalue weighted by molar-refractivity contribution is -0.164. The lowest BCUT2D eigenvalue weighted by Crippen LogP contribution is -2.62. The van der Waals surface area contributed by atoms with Crippen molar-refractivity contribution in [2.24, 2.45) is 5.73 Å². The molecule has 1 aromatic carbocycles. The number of carbonyl (C=O) groups is 2. The summed E-state index contributed by atoms with van der Waals surface area (Å²) in [6, 6.07) is 8.88. The number of nitrogens with one attached hydrogen (secondary N) is 1. The van der Waals surface area contributed by atoms with Crippen LogP contribution in [0.4, 0.5) is 0 Å². The van der Waals surface area contributed by atoms with Gasteiger partial charge in [-0.15, -0.1) is 0 Å². The molecule has 2 atom stereocenters. The lowest BCUT2D eigenvalue weighted by atomic mass is 9.91. The Balaban J connectivity index is 2.28. The van der Waals surface area contributed by atoms with E-state index in [1.54, 1.807) is 45.0 Å². The number of carbonyl (C=O) groups excluding carboxylic acids is 2. The SMILES string of the molecule is CC(C)(C)OC(=O)[C@](N)(Cc1ccccc1)C(=O)NP1(=O)OCCS1. The second-order valence-corrected chi connectivity index (χ2v) is 11.1.